The van der Waals surface area contributed by atoms with E-state index in [1.165, 1.54) is 0 Å². The molecule has 0 aromatic carbocycles. The number of hydrogen-bond acceptors (Lipinski definition) is 4. The molecule has 0 radical (unpaired) electrons. The summed E-state index contributed by atoms with van der Waals surface area (Å²) < 4.78 is 0. The third kappa shape index (κ3) is 6.75. The van der Waals surface area contributed by atoms with E-state index in [9.17, 15) is 0 Å². The van der Waals surface area contributed by atoms with Crippen LogP contribution in [0.5, 0.6) is 0 Å². The summed E-state index contributed by atoms with van der Waals surface area (Å²) in [5.41, 5.74) is 5.19. The largest absolute Gasteiger partial charge is 0.327 e. The Labute approximate surface area is 61.7 Å². The van der Waals surface area contributed by atoms with Crippen molar-refractivity contribution in [2.75, 3.05) is 12.8 Å². The van der Waals surface area contributed by atoms with Gasteiger partial charge in [-0.2, -0.15) is 0 Å². The van der Waals surface area contributed by atoms with Crippen LogP contribution in [0.2, 0.25) is 0 Å². The molecule has 0 aliphatic heterocycles. The van der Waals surface area contributed by atoms with Gasteiger partial charge in [-0.1, -0.05) is 27.7 Å². The van der Waals surface area contributed by atoms with Gasteiger partial charge in [0.15, 0.2) is 0 Å². The van der Waals surface area contributed by atoms with Gasteiger partial charge < -0.3 is 5.73 Å². The predicted molar refractivity (Wildman–Crippen MR) is 46.9 cm³/mol. The molecular formula is C4H9NS3. The second-order valence-electron chi connectivity index (χ2n) is 0.938. The van der Waals surface area contributed by atoms with E-state index < -0.39 is 0 Å². The Kier molecular flexibility index (Phi) is 8.48. The van der Waals surface area contributed by atoms with Crippen LogP contribution in [0.1, 0.15) is 0 Å². The van der Waals surface area contributed by atoms with Gasteiger partial charge >= 0.3 is 0 Å². The van der Waals surface area contributed by atoms with Crippen LogP contribution in [0, 0.1) is 0 Å². The van der Waals surface area contributed by atoms with Gasteiger partial charge in [0, 0.05) is 6.54 Å². The van der Waals surface area contributed by atoms with Gasteiger partial charge in [-0.05, 0) is 21.5 Å². The van der Waals surface area contributed by atoms with Crippen molar-refractivity contribution >= 4 is 31.4 Å². The van der Waals surface area contributed by atoms with Gasteiger partial charge in [0.2, 0.25) is 0 Å². The molecule has 0 bridgehead atoms. The maximum atomic E-state index is 5.19. The van der Waals surface area contributed by atoms with Crippen molar-refractivity contribution in [3.63, 3.8) is 0 Å². The Morgan fingerprint density at radius 1 is 1.62 bits per heavy atom. The van der Waals surface area contributed by atoms with E-state index in [4.69, 9.17) is 5.73 Å². The molecule has 2 N–H and O–H groups in total. The molecule has 0 heterocycles. The second-order valence-corrected chi connectivity index (χ2v) is 5.08. The first-order valence-corrected chi connectivity index (χ1v) is 6.08. The van der Waals surface area contributed by atoms with Crippen LogP contribution < -0.4 is 5.73 Å². The van der Waals surface area contributed by atoms with Crippen LogP contribution in [0.4, 0.5) is 0 Å². The summed E-state index contributed by atoms with van der Waals surface area (Å²) in [5.74, 6) is 0. The minimum atomic E-state index is 0.641. The molecule has 0 saturated heterocycles. The molecule has 1 nitrogen and oxygen atoms in total. The highest BCUT2D eigenvalue weighted by atomic mass is 33.5. The van der Waals surface area contributed by atoms with Gasteiger partial charge in [0.05, 0.1) is 0 Å². The lowest BCUT2D eigenvalue weighted by molar-refractivity contribution is 1.26. The van der Waals surface area contributed by atoms with E-state index in [-0.39, 0.29) is 0 Å². The van der Waals surface area contributed by atoms with E-state index >= 15 is 0 Å². The van der Waals surface area contributed by atoms with Crippen LogP contribution in [0.15, 0.2) is 11.5 Å². The van der Waals surface area contributed by atoms with Crippen LogP contribution in [0.3, 0.4) is 0 Å². The summed E-state index contributed by atoms with van der Waals surface area (Å²) in [6.07, 6.45) is 3.99. The average Bonchev–Trinajstić information content (AvgIpc) is 1.81. The highest BCUT2D eigenvalue weighted by Gasteiger charge is 1.75. The van der Waals surface area contributed by atoms with Crippen molar-refractivity contribution in [3.05, 3.63) is 11.5 Å². The summed E-state index contributed by atoms with van der Waals surface area (Å²) in [7, 11) is 5.18. The highest BCUT2D eigenvalue weighted by Crippen LogP contribution is 2.32. The lowest BCUT2D eigenvalue weighted by Crippen LogP contribution is -1.90. The Hall–Kier alpha value is 0.750. The van der Waals surface area contributed by atoms with Crippen LogP contribution in [-0.2, 0) is 0 Å². The number of nitrogens with two attached hydrogens (primary N) is 1. The minimum absolute atomic E-state index is 0.641. The molecule has 0 aliphatic rings. The maximum absolute atomic E-state index is 5.19. The molecular weight excluding hydrogens is 158 g/mol. The molecule has 0 saturated carbocycles. The maximum Gasteiger partial charge on any atom is 0.0115 e. The van der Waals surface area contributed by atoms with Crippen molar-refractivity contribution in [2.24, 2.45) is 5.73 Å². The molecule has 48 valence electrons. The van der Waals surface area contributed by atoms with Crippen molar-refractivity contribution in [1.29, 1.82) is 0 Å². The first-order chi connectivity index (χ1) is 3.91. The molecule has 0 aliphatic carbocycles. The molecule has 0 spiro atoms. The molecule has 8 heavy (non-hydrogen) atoms. The fourth-order valence-electron chi connectivity index (χ4n) is 0.157. The van der Waals surface area contributed by atoms with Gasteiger partial charge in [-0.25, -0.2) is 0 Å². The molecule has 0 aromatic heterocycles. The van der Waals surface area contributed by atoms with Crippen molar-refractivity contribution in [1.82, 2.24) is 0 Å². The average molecular weight is 167 g/mol. The quantitative estimate of drug-likeness (QED) is 0.512. The third-order valence-corrected chi connectivity index (χ3v) is 3.82. The van der Waals surface area contributed by atoms with E-state index in [0.29, 0.717) is 6.54 Å². The molecule has 0 fully saturated rings. The van der Waals surface area contributed by atoms with Gasteiger partial charge in [0.25, 0.3) is 0 Å². The van der Waals surface area contributed by atoms with Crippen LogP contribution >= 0.6 is 31.4 Å². The van der Waals surface area contributed by atoms with E-state index in [2.05, 4.69) is 0 Å². The van der Waals surface area contributed by atoms with Gasteiger partial charge in [0.1, 0.15) is 0 Å². The molecule has 0 atom stereocenters. The van der Waals surface area contributed by atoms with Crippen molar-refractivity contribution < 1.29 is 0 Å². The summed E-state index contributed by atoms with van der Waals surface area (Å²) in [4.78, 5) is 0. The molecule has 0 rings (SSSR count). The second kappa shape index (κ2) is 7.75. The molecule has 4 heteroatoms. The Morgan fingerprint density at radius 2 is 2.38 bits per heavy atom. The number of hydrogen-bond donors (Lipinski definition) is 1. The standard InChI is InChI=1S/C4H9NS3/c1-6-8-7-4-2-3-5/h2,4H,3,5H2,1H3/b4-2+. The van der Waals surface area contributed by atoms with E-state index in [1.54, 1.807) is 31.4 Å². The number of rotatable bonds is 4. The zero-order valence-corrected chi connectivity index (χ0v) is 7.11. The van der Waals surface area contributed by atoms with E-state index in [0.717, 1.165) is 0 Å². The lowest BCUT2D eigenvalue weighted by atomic mass is 10.7. The summed E-state index contributed by atoms with van der Waals surface area (Å²) in [6.45, 7) is 0.641. The van der Waals surface area contributed by atoms with E-state index in [1.807, 2.05) is 17.7 Å². The Morgan fingerprint density at radius 3 is 2.88 bits per heavy atom. The van der Waals surface area contributed by atoms with Gasteiger partial charge in [-0.3, -0.25) is 0 Å². The predicted octanol–water partition coefficient (Wildman–Crippen LogP) is 2.12. The van der Waals surface area contributed by atoms with Crippen LogP contribution in [-0.4, -0.2) is 12.8 Å². The monoisotopic (exact) mass is 167 g/mol. The third-order valence-electron chi connectivity index (χ3n) is 0.395. The van der Waals surface area contributed by atoms with Gasteiger partial charge in [-0.15, -0.1) is 0 Å². The van der Waals surface area contributed by atoms with Crippen molar-refractivity contribution in [3.8, 4) is 0 Å². The first kappa shape index (κ1) is 8.75. The molecule has 0 unspecified atom stereocenters. The van der Waals surface area contributed by atoms with Crippen LogP contribution in [0.25, 0.3) is 0 Å². The zero-order chi connectivity index (χ0) is 6.24. The van der Waals surface area contributed by atoms with Crippen molar-refractivity contribution in [2.45, 2.75) is 0 Å². The molecule has 0 amide bonds. The first-order valence-electron chi connectivity index (χ1n) is 2.13. The minimum Gasteiger partial charge on any atom is -0.327 e. The summed E-state index contributed by atoms with van der Waals surface area (Å²) in [6, 6.07) is 0. The highest BCUT2D eigenvalue weighted by molar-refractivity contribution is 9.09. The summed E-state index contributed by atoms with van der Waals surface area (Å²) in [5, 5.41) is 2.00. The Balaban J connectivity index is 2.80. The Bertz CT molecular complexity index is 64.3. The zero-order valence-electron chi connectivity index (χ0n) is 4.66. The topological polar surface area (TPSA) is 26.0 Å². The normalized spacial score (nSPS) is 10.8. The molecule has 0 aromatic rings. The fraction of sp³-hybridized carbons (Fsp3) is 0.500. The SMILES string of the molecule is CSSS/C=C/CN. The summed E-state index contributed by atoms with van der Waals surface area (Å²) >= 11 is 0. The smallest absolute Gasteiger partial charge is 0.0115 e. The lowest BCUT2D eigenvalue weighted by Gasteiger charge is -1.84. The fourth-order valence-corrected chi connectivity index (χ4v) is 2.19.